The van der Waals surface area contributed by atoms with Gasteiger partial charge in [-0.3, -0.25) is 9.59 Å². The van der Waals surface area contributed by atoms with Crippen LogP contribution in [0.15, 0.2) is 48.5 Å². The Labute approximate surface area is 184 Å². The molecule has 2 amide bonds. The molecule has 0 aliphatic carbocycles. The van der Waals surface area contributed by atoms with Gasteiger partial charge < -0.3 is 24.8 Å². The number of hydrogen-bond acceptors (Lipinski definition) is 5. The van der Waals surface area contributed by atoms with E-state index < -0.39 is 41.1 Å². The molecule has 2 saturated heterocycles. The minimum absolute atomic E-state index is 0.00722. The van der Waals surface area contributed by atoms with Crippen molar-refractivity contribution in [3.05, 3.63) is 71.3 Å². The topological polar surface area (TPSA) is 85.9 Å². The summed E-state index contributed by atoms with van der Waals surface area (Å²) in [4.78, 5) is 24.8. The standard InChI is InChI=1S/C23H24F2N2O5/c1-22(2)31-19-18(11-26-21(29)15-8-9-16(24)17(25)10-15)30-13-23(19,32-22)12-27-20(28)14-6-4-3-5-7-14/h3-10,18-19H,11-13H2,1-2H3,(H,26,29)(H,27,28)/t18-,19-,23+/m1/s1. The Morgan fingerprint density at radius 1 is 1.00 bits per heavy atom. The van der Waals surface area contributed by atoms with Crippen molar-refractivity contribution in [2.75, 3.05) is 19.7 Å². The molecule has 2 N–H and O–H groups in total. The number of fused-ring (bicyclic) bond motifs is 1. The number of carbonyl (C=O) groups is 2. The van der Waals surface area contributed by atoms with Crippen molar-refractivity contribution < 1.29 is 32.6 Å². The molecule has 9 heteroatoms. The molecule has 0 radical (unpaired) electrons. The molecule has 2 fully saturated rings. The molecule has 7 nitrogen and oxygen atoms in total. The smallest absolute Gasteiger partial charge is 0.251 e. The van der Waals surface area contributed by atoms with Crippen molar-refractivity contribution in [1.29, 1.82) is 0 Å². The van der Waals surface area contributed by atoms with Gasteiger partial charge in [-0.1, -0.05) is 18.2 Å². The van der Waals surface area contributed by atoms with Crippen LogP contribution < -0.4 is 10.6 Å². The summed E-state index contributed by atoms with van der Waals surface area (Å²) >= 11 is 0. The Hall–Kier alpha value is -2.88. The van der Waals surface area contributed by atoms with Crippen LogP contribution in [-0.4, -0.2) is 55.1 Å². The first-order valence-corrected chi connectivity index (χ1v) is 10.3. The minimum Gasteiger partial charge on any atom is -0.370 e. The van der Waals surface area contributed by atoms with E-state index in [0.717, 1.165) is 12.1 Å². The normalized spacial score (nSPS) is 25.9. The maximum atomic E-state index is 13.4. The number of nitrogens with one attached hydrogen (secondary N) is 2. The highest BCUT2D eigenvalue weighted by molar-refractivity contribution is 5.94. The van der Waals surface area contributed by atoms with E-state index in [4.69, 9.17) is 14.2 Å². The summed E-state index contributed by atoms with van der Waals surface area (Å²) < 4.78 is 44.5. The number of ether oxygens (including phenoxy) is 3. The maximum absolute atomic E-state index is 13.4. The number of halogens is 2. The summed E-state index contributed by atoms with van der Waals surface area (Å²) in [6, 6.07) is 11.7. The quantitative estimate of drug-likeness (QED) is 0.712. The average molecular weight is 446 g/mol. The third-order valence-electron chi connectivity index (χ3n) is 5.49. The van der Waals surface area contributed by atoms with Crippen molar-refractivity contribution in [3.63, 3.8) is 0 Å². The summed E-state index contributed by atoms with van der Waals surface area (Å²) in [5, 5.41) is 5.53. The molecule has 2 aromatic carbocycles. The van der Waals surface area contributed by atoms with E-state index in [1.54, 1.807) is 38.1 Å². The van der Waals surface area contributed by atoms with E-state index in [1.165, 1.54) is 6.07 Å². The van der Waals surface area contributed by atoms with Crippen LogP contribution in [0.4, 0.5) is 8.78 Å². The second-order valence-corrected chi connectivity index (χ2v) is 8.34. The lowest BCUT2D eigenvalue weighted by atomic mass is 9.96. The molecule has 2 heterocycles. The van der Waals surface area contributed by atoms with E-state index in [-0.39, 0.29) is 31.2 Å². The first-order valence-electron chi connectivity index (χ1n) is 10.3. The van der Waals surface area contributed by atoms with Gasteiger partial charge >= 0.3 is 0 Å². The maximum Gasteiger partial charge on any atom is 0.251 e. The number of carbonyl (C=O) groups excluding carboxylic acids is 2. The fourth-order valence-corrected chi connectivity index (χ4v) is 4.05. The Balaban J connectivity index is 1.41. The molecule has 32 heavy (non-hydrogen) atoms. The summed E-state index contributed by atoms with van der Waals surface area (Å²) in [6.07, 6.45) is -1.11. The molecular formula is C23H24F2N2O5. The minimum atomic E-state index is -1.10. The fourth-order valence-electron chi connectivity index (χ4n) is 4.05. The summed E-state index contributed by atoms with van der Waals surface area (Å²) in [6.45, 7) is 3.91. The van der Waals surface area contributed by atoms with Gasteiger partial charge in [0.1, 0.15) is 17.8 Å². The zero-order valence-electron chi connectivity index (χ0n) is 17.7. The van der Waals surface area contributed by atoms with E-state index in [9.17, 15) is 18.4 Å². The number of hydrogen-bond donors (Lipinski definition) is 2. The monoisotopic (exact) mass is 446 g/mol. The van der Waals surface area contributed by atoms with Crippen LogP contribution in [0.1, 0.15) is 34.6 Å². The predicted molar refractivity (Wildman–Crippen MR) is 110 cm³/mol. The molecule has 3 atom stereocenters. The van der Waals surface area contributed by atoms with Gasteiger partial charge in [-0.2, -0.15) is 0 Å². The van der Waals surface area contributed by atoms with Gasteiger partial charge in [-0.05, 0) is 44.2 Å². The van der Waals surface area contributed by atoms with Crippen molar-refractivity contribution in [1.82, 2.24) is 10.6 Å². The van der Waals surface area contributed by atoms with Crippen LogP contribution in [0.25, 0.3) is 0 Å². The summed E-state index contributed by atoms with van der Waals surface area (Å²) in [7, 11) is 0. The molecule has 170 valence electrons. The second-order valence-electron chi connectivity index (χ2n) is 8.34. The molecule has 0 saturated carbocycles. The molecule has 0 spiro atoms. The zero-order chi connectivity index (χ0) is 22.9. The molecule has 0 unspecified atom stereocenters. The van der Waals surface area contributed by atoms with Crippen LogP contribution in [-0.2, 0) is 14.2 Å². The lowest BCUT2D eigenvalue weighted by Gasteiger charge is -2.27. The Kier molecular flexibility index (Phi) is 5.98. The van der Waals surface area contributed by atoms with Gasteiger partial charge in [-0.15, -0.1) is 0 Å². The zero-order valence-corrected chi connectivity index (χ0v) is 17.7. The van der Waals surface area contributed by atoms with Crippen molar-refractivity contribution in [2.45, 2.75) is 37.4 Å². The number of benzene rings is 2. The van der Waals surface area contributed by atoms with Gasteiger partial charge in [0.05, 0.1) is 13.2 Å². The Bertz CT molecular complexity index is 1020. The van der Waals surface area contributed by atoms with Gasteiger partial charge in [0.15, 0.2) is 17.4 Å². The number of amides is 2. The molecular weight excluding hydrogens is 422 g/mol. The molecule has 4 rings (SSSR count). The van der Waals surface area contributed by atoms with Crippen LogP contribution in [0.3, 0.4) is 0 Å². The van der Waals surface area contributed by atoms with Gasteiger partial charge in [-0.25, -0.2) is 8.78 Å². The van der Waals surface area contributed by atoms with E-state index in [1.807, 2.05) is 6.07 Å². The van der Waals surface area contributed by atoms with Gasteiger partial charge in [0.2, 0.25) is 0 Å². The summed E-state index contributed by atoms with van der Waals surface area (Å²) in [5.41, 5.74) is -0.411. The molecule has 2 aromatic rings. The average Bonchev–Trinajstić information content (AvgIpc) is 3.23. The van der Waals surface area contributed by atoms with Crippen LogP contribution in [0.2, 0.25) is 0 Å². The molecule has 2 aliphatic heterocycles. The first-order chi connectivity index (χ1) is 15.2. The molecule has 0 aromatic heterocycles. The van der Waals surface area contributed by atoms with E-state index >= 15 is 0 Å². The van der Waals surface area contributed by atoms with Crippen molar-refractivity contribution in [2.24, 2.45) is 0 Å². The van der Waals surface area contributed by atoms with Crippen LogP contribution >= 0.6 is 0 Å². The molecule has 0 bridgehead atoms. The lowest BCUT2D eigenvalue weighted by Crippen LogP contribution is -2.52. The van der Waals surface area contributed by atoms with Crippen LogP contribution in [0.5, 0.6) is 0 Å². The second kappa shape index (κ2) is 8.57. The fraction of sp³-hybridized carbons (Fsp3) is 0.391. The first kappa shape index (κ1) is 22.3. The molecule has 2 aliphatic rings. The third kappa shape index (κ3) is 4.50. The van der Waals surface area contributed by atoms with Gasteiger partial charge in [0.25, 0.3) is 11.8 Å². The predicted octanol–water partition coefficient (Wildman–Crippen LogP) is 2.41. The van der Waals surface area contributed by atoms with E-state index in [2.05, 4.69) is 10.6 Å². The Morgan fingerprint density at radius 3 is 2.44 bits per heavy atom. The van der Waals surface area contributed by atoms with Crippen molar-refractivity contribution in [3.8, 4) is 0 Å². The highest BCUT2D eigenvalue weighted by Gasteiger charge is 2.61. The van der Waals surface area contributed by atoms with Gasteiger partial charge in [0, 0.05) is 17.7 Å². The van der Waals surface area contributed by atoms with Crippen molar-refractivity contribution >= 4 is 11.8 Å². The highest BCUT2D eigenvalue weighted by atomic mass is 19.2. The van der Waals surface area contributed by atoms with E-state index in [0.29, 0.717) is 5.56 Å². The SMILES string of the molecule is CC1(C)O[C@@H]2[C@@H](CNC(=O)c3ccc(F)c(F)c3)OC[C@]2(CNC(=O)c2ccccc2)O1. The number of rotatable bonds is 6. The van der Waals surface area contributed by atoms with Crippen LogP contribution in [0, 0.1) is 11.6 Å². The largest absolute Gasteiger partial charge is 0.370 e. The lowest BCUT2D eigenvalue weighted by molar-refractivity contribution is -0.188. The summed E-state index contributed by atoms with van der Waals surface area (Å²) in [5.74, 6) is -3.85. The third-order valence-corrected chi connectivity index (χ3v) is 5.49. The Morgan fingerprint density at radius 2 is 1.72 bits per heavy atom. The highest BCUT2D eigenvalue weighted by Crippen LogP contribution is 2.43.